The van der Waals surface area contributed by atoms with Gasteiger partial charge >= 0.3 is 5.97 Å². The van der Waals surface area contributed by atoms with Gasteiger partial charge in [0.15, 0.2) is 0 Å². The Kier molecular flexibility index (Phi) is 4.52. The molecule has 2 aromatic rings. The Bertz CT molecular complexity index is 702. The molecular weight excluding hydrogens is 294 g/mol. The van der Waals surface area contributed by atoms with E-state index >= 15 is 0 Å². The zero-order valence-electron chi connectivity index (χ0n) is 13.4. The molecule has 0 atom stereocenters. The van der Waals surface area contributed by atoms with Gasteiger partial charge in [0.2, 0.25) is 0 Å². The van der Waals surface area contributed by atoms with E-state index in [4.69, 9.17) is 15.6 Å². The highest BCUT2D eigenvalue weighted by atomic mass is 16.5. The zero-order chi connectivity index (χ0) is 16.4. The number of hydrogen-bond acceptors (Lipinski definition) is 5. The smallest absolute Gasteiger partial charge is 0.340 e. The normalized spacial score (nSPS) is 21.5. The van der Waals surface area contributed by atoms with E-state index in [0.29, 0.717) is 23.2 Å². The molecule has 1 aliphatic rings. The van der Waals surface area contributed by atoms with Gasteiger partial charge < -0.3 is 15.6 Å². The maximum atomic E-state index is 11.7. The fraction of sp³-hybridized carbons (Fsp3) is 0.529. The molecule has 1 aromatic heterocycles. The standard InChI is InChI=1S/C17H23N3O3/c1-23-17(22)14-9-16-12(8-15(14)18)10-20(19-16)13-4-2-11(3-5-13)6-7-21/h8-11,13,21H,2-7,18H2,1H3. The molecular formula is C17H23N3O3. The van der Waals surface area contributed by atoms with Crippen LogP contribution in [0.2, 0.25) is 0 Å². The third kappa shape index (κ3) is 3.17. The lowest BCUT2D eigenvalue weighted by atomic mass is 9.84. The van der Waals surface area contributed by atoms with Gasteiger partial charge in [0.1, 0.15) is 0 Å². The van der Waals surface area contributed by atoms with E-state index in [-0.39, 0.29) is 6.61 Å². The second-order valence-electron chi connectivity index (χ2n) is 6.29. The number of benzene rings is 1. The summed E-state index contributed by atoms with van der Waals surface area (Å²) in [4.78, 5) is 11.7. The number of nitrogens with zero attached hydrogens (tertiary/aromatic N) is 2. The fourth-order valence-corrected chi connectivity index (χ4v) is 3.46. The Balaban J connectivity index is 1.82. The minimum Gasteiger partial charge on any atom is -0.465 e. The molecule has 0 radical (unpaired) electrons. The minimum absolute atomic E-state index is 0.274. The maximum Gasteiger partial charge on any atom is 0.340 e. The average molecular weight is 317 g/mol. The number of nitrogens with two attached hydrogens (primary N) is 1. The quantitative estimate of drug-likeness (QED) is 0.668. The summed E-state index contributed by atoms with van der Waals surface area (Å²) in [5.41, 5.74) is 7.47. The van der Waals surface area contributed by atoms with Crippen LogP contribution in [0.15, 0.2) is 18.3 Å². The molecule has 0 saturated heterocycles. The van der Waals surface area contributed by atoms with Crippen LogP contribution in [0.4, 0.5) is 5.69 Å². The van der Waals surface area contributed by atoms with Gasteiger partial charge in [-0.25, -0.2) is 4.79 Å². The van der Waals surface area contributed by atoms with Crippen LogP contribution in [-0.2, 0) is 4.74 Å². The lowest BCUT2D eigenvalue weighted by Gasteiger charge is -2.28. The van der Waals surface area contributed by atoms with E-state index in [1.165, 1.54) is 7.11 Å². The molecule has 1 aliphatic carbocycles. The van der Waals surface area contributed by atoms with Gasteiger partial charge in [0.05, 0.1) is 24.2 Å². The number of aliphatic hydroxyl groups is 1. The lowest BCUT2D eigenvalue weighted by molar-refractivity contribution is 0.0602. The summed E-state index contributed by atoms with van der Waals surface area (Å²) in [6.07, 6.45) is 7.28. The summed E-state index contributed by atoms with van der Waals surface area (Å²) in [5, 5.41) is 14.6. The molecule has 0 spiro atoms. The second-order valence-corrected chi connectivity index (χ2v) is 6.29. The number of fused-ring (bicyclic) bond motifs is 1. The first-order chi connectivity index (χ1) is 11.1. The van der Waals surface area contributed by atoms with Gasteiger partial charge in [-0.3, -0.25) is 4.68 Å². The summed E-state index contributed by atoms with van der Waals surface area (Å²) in [6.45, 7) is 0.274. The van der Waals surface area contributed by atoms with E-state index < -0.39 is 5.97 Å². The SMILES string of the molecule is COC(=O)c1cc2nn(C3CCC(CCO)CC3)cc2cc1N. The minimum atomic E-state index is -0.441. The molecule has 0 unspecified atom stereocenters. The molecule has 6 heteroatoms. The Morgan fingerprint density at radius 1 is 1.39 bits per heavy atom. The number of rotatable bonds is 4. The summed E-state index contributed by atoms with van der Waals surface area (Å²) in [7, 11) is 1.34. The predicted octanol–water partition coefficient (Wildman–Crippen LogP) is 2.52. The van der Waals surface area contributed by atoms with Crippen LogP contribution in [0.5, 0.6) is 0 Å². The van der Waals surface area contributed by atoms with Crippen molar-refractivity contribution in [2.75, 3.05) is 19.5 Å². The van der Waals surface area contributed by atoms with Crippen molar-refractivity contribution in [2.24, 2.45) is 5.92 Å². The number of aromatic nitrogens is 2. The maximum absolute atomic E-state index is 11.7. The summed E-state index contributed by atoms with van der Waals surface area (Å²) in [5.74, 6) is 0.186. The van der Waals surface area contributed by atoms with E-state index in [9.17, 15) is 4.79 Å². The second kappa shape index (κ2) is 6.58. The number of aliphatic hydroxyl groups excluding tert-OH is 1. The summed E-state index contributed by atoms with van der Waals surface area (Å²) < 4.78 is 6.75. The molecule has 3 N–H and O–H groups in total. The van der Waals surface area contributed by atoms with Crippen LogP contribution in [0, 0.1) is 5.92 Å². The van der Waals surface area contributed by atoms with Crippen molar-refractivity contribution in [3.8, 4) is 0 Å². The molecule has 1 fully saturated rings. The van der Waals surface area contributed by atoms with Crippen LogP contribution in [0.1, 0.15) is 48.5 Å². The number of ether oxygens (including phenoxy) is 1. The Hall–Kier alpha value is -2.08. The molecule has 124 valence electrons. The first-order valence-electron chi connectivity index (χ1n) is 8.10. The van der Waals surface area contributed by atoms with E-state index in [0.717, 1.165) is 43.0 Å². The van der Waals surface area contributed by atoms with Gasteiger partial charge in [-0.1, -0.05) is 0 Å². The first kappa shape index (κ1) is 15.8. The number of carbonyl (C=O) groups is 1. The van der Waals surface area contributed by atoms with Crippen LogP contribution < -0.4 is 5.73 Å². The van der Waals surface area contributed by atoms with Gasteiger partial charge in [-0.05, 0) is 50.2 Å². The molecule has 1 aromatic carbocycles. The Morgan fingerprint density at radius 3 is 2.78 bits per heavy atom. The highest BCUT2D eigenvalue weighted by Gasteiger charge is 2.23. The molecule has 23 heavy (non-hydrogen) atoms. The van der Waals surface area contributed by atoms with Crippen molar-refractivity contribution < 1.29 is 14.6 Å². The van der Waals surface area contributed by atoms with Crippen molar-refractivity contribution in [2.45, 2.75) is 38.1 Å². The predicted molar refractivity (Wildman–Crippen MR) is 88.2 cm³/mol. The van der Waals surface area contributed by atoms with Crippen LogP contribution in [0.25, 0.3) is 10.9 Å². The van der Waals surface area contributed by atoms with Crippen LogP contribution in [-0.4, -0.2) is 34.6 Å². The van der Waals surface area contributed by atoms with Crippen molar-refractivity contribution in [3.63, 3.8) is 0 Å². The highest BCUT2D eigenvalue weighted by Crippen LogP contribution is 2.34. The van der Waals surface area contributed by atoms with Gasteiger partial charge in [0.25, 0.3) is 0 Å². The molecule has 0 amide bonds. The Morgan fingerprint density at radius 2 is 2.13 bits per heavy atom. The molecule has 6 nitrogen and oxygen atoms in total. The largest absolute Gasteiger partial charge is 0.465 e. The van der Waals surface area contributed by atoms with E-state index in [1.807, 2.05) is 10.9 Å². The van der Waals surface area contributed by atoms with E-state index in [2.05, 4.69) is 5.10 Å². The first-order valence-corrected chi connectivity index (χ1v) is 8.10. The third-order valence-electron chi connectivity index (χ3n) is 4.83. The van der Waals surface area contributed by atoms with E-state index in [1.54, 1.807) is 12.1 Å². The van der Waals surface area contributed by atoms with Gasteiger partial charge in [0, 0.05) is 23.9 Å². The number of methoxy groups -OCH3 is 1. The topological polar surface area (TPSA) is 90.4 Å². The Labute approximate surface area is 135 Å². The van der Waals surface area contributed by atoms with Gasteiger partial charge in [-0.15, -0.1) is 0 Å². The lowest BCUT2D eigenvalue weighted by Crippen LogP contribution is -2.19. The molecule has 0 bridgehead atoms. The van der Waals surface area contributed by atoms with Crippen molar-refractivity contribution in [3.05, 3.63) is 23.9 Å². The molecule has 0 aliphatic heterocycles. The molecule has 1 saturated carbocycles. The number of hydrogen-bond donors (Lipinski definition) is 2. The number of carbonyl (C=O) groups excluding carboxylic acids is 1. The van der Waals surface area contributed by atoms with Crippen molar-refractivity contribution >= 4 is 22.6 Å². The molecule has 3 rings (SSSR count). The number of nitrogen functional groups attached to an aromatic ring is 1. The highest BCUT2D eigenvalue weighted by molar-refractivity contribution is 6.00. The third-order valence-corrected chi connectivity index (χ3v) is 4.83. The van der Waals surface area contributed by atoms with Crippen LogP contribution >= 0.6 is 0 Å². The van der Waals surface area contributed by atoms with Crippen molar-refractivity contribution in [1.82, 2.24) is 9.78 Å². The number of esters is 1. The molecule has 1 heterocycles. The summed E-state index contributed by atoms with van der Waals surface area (Å²) in [6, 6.07) is 3.85. The fourth-order valence-electron chi connectivity index (χ4n) is 3.46. The summed E-state index contributed by atoms with van der Waals surface area (Å²) >= 11 is 0. The number of anilines is 1. The van der Waals surface area contributed by atoms with Gasteiger partial charge in [-0.2, -0.15) is 5.10 Å². The monoisotopic (exact) mass is 317 g/mol. The zero-order valence-corrected chi connectivity index (χ0v) is 13.4. The van der Waals surface area contributed by atoms with Crippen molar-refractivity contribution in [1.29, 1.82) is 0 Å². The average Bonchev–Trinajstić information content (AvgIpc) is 2.97. The van der Waals surface area contributed by atoms with Crippen LogP contribution in [0.3, 0.4) is 0 Å².